The van der Waals surface area contributed by atoms with E-state index in [1.165, 1.54) is 27.9 Å². The van der Waals surface area contributed by atoms with E-state index >= 15 is 0 Å². The van der Waals surface area contributed by atoms with Crippen LogP contribution in [0.15, 0.2) is 66.9 Å². The molecule has 0 bridgehead atoms. The van der Waals surface area contributed by atoms with Crippen molar-refractivity contribution in [3.8, 4) is 22.4 Å². The number of benzene rings is 2. The van der Waals surface area contributed by atoms with Gasteiger partial charge in [0.05, 0.1) is 5.69 Å². The highest BCUT2D eigenvalue weighted by molar-refractivity contribution is 5.81. The van der Waals surface area contributed by atoms with E-state index in [2.05, 4.69) is 66.5 Å². The summed E-state index contributed by atoms with van der Waals surface area (Å²) in [5, 5.41) is 0. The van der Waals surface area contributed by atoms with E-state index in [4.69, 9.17) is 0 Å². The minimum absolute atomic E-state index is 1.18. The van der Waals surface area contributed by atoms with Crippen molar-refractivity contribution in [3.05, 3.63) is 72.4 Å². The van der Waals surface area contributed by atoms with Crippen LogP contribution < -0.4 is 0 Å². The van der Waals surface area contributed by atoms with Crippen LogP contribution in [0, 0.1) is 6.92 Å². The fraction of sp³-hybridized carbons (Fsp3) is 0.0588. The monoisotopic (exact) mass is 233 g/mol. The van der Waals surface area contributed by atoms with Gasteiger partial charge >= 0.3 is 0 Å². The molecule has 0 spiro atoms. The maximum atomic E-state index is 3.34. The second-order valence-corrected chi connectivity index (χ2v) is 4.50. The second-order valence-electron chi connectivity index (χ2n) is 4.50. The largest absolute Gasteiger partial charge is 0.361 e. The Morgan fingerprint density at radius 2 is 1.44 bits per heavy atom. The lowest BCUT2D eigenvalue weighted by Crippen LogP contribution is -1.82. The third kappa shape index (κ3) is 1.95. The van der Waals surface area contributed by atoms with Crippen LogP contribution in [0.4, 0.5) is 0 Å². The molecule has 2 aromatic carbocycles. The predicted octanol–water partition coefficient (Wildman–Crippen LogP) is 4.66. The van der Waals surface area contributed by atoms with E-state index in [0.29, 0.717) is 0 Å². The summed E-state index contributed by atoms with van der Waals surface area (Å²) in [5.41, 5.74) is 6.19. The van der Waals surface area contributed by atoms with E-state index in [-0.39, 0.29) is 0 Å². The van der Waals surface area contributed by atoms with Crippen LogP contribution in [0.1, 0.15) is 5.56 Å². The van der Waals surface area contributed by atoms with Crippen LogP contribution in [0.5, 0.6) is 0 Å². The normalized spacial score (nSPS) is 10.5. The molecule has 88 valence electrons. The number of aryl methyl sites for hydroxylation is 1. The molecule has 1 heterocycles. The Balaban J connectivity index is 2.10. The van der Waals surface area contributed by atoms with Crippen LogP contribution in [-0.2, 0) is 0 Å². The highest BCUT2D eigenvalue weighted by atomic mass is 14.7. The zero-order valence-corrected chi connectivity index (χ0v) is 10.4. The topological polar surface area (TPSA) is 15.8 Å². The van der Waals surface area contributed by atoms with Gasteiger partial charge in [-0.2, -0.15) is 0 Å². The molecule has 0 aliphatic carbocycles. The van der Waals surface area contributed by atoms with Gasteiger partial charge in [0.15, 0.2) is 0 Å². The number of nitrogens with one attached hydrogen (secondary N) is 1. The predicted molar refractivity (Wildman–Crippen MR) is 76.4 cm³/mol. The summed E-state index contributed by atoms with van der Waals surface area (Å²) in [6.45, 7) is 2.11. The quantitative estimate of drug-likeness (QED) is 0.662. The van der Waals surface area contributed by atoms with Crippen LogP contribution in [0.2, 0.25) is 0 Å². The molecule has 0 unspecified atom stereocenters. The first-order valence-corrected chi connectivity index (χ1v) is 6.14. The first-order valence-electron chi connectivity index (χ1n) is 6.14. The Morgan fingerprint density at radius 3 is 2.17 bits per heavy atom. The number of hydrogen-bond donors (Lipinski definition) is 1. The summed E-state index contributed by atoms with van der Waals surface area (Å²) in [7, 11) is 0. The van der Waals surface area contributed by atoms with Gasteiger partial charge in [0.1, 0.15) is 0 Å². The van der Waals surface area contributed by atoms with E-state index in [0.717, 1.165) is 0 Å². The number of aromatic nitrogens is 1. The summed E-state index contributed by atoms with van der Waals surface area (Å²) in [4.78, 5) is 3.34. The second kappa shape index (κ2) is 4.53. The summed E-state index contributed by atoms with van der Waals surface area (Å²) < 4.78 is 0. The van der Waals surface area contributed by atoms with Crippen molar-refractivity contribution in [3.63, 3.8) is 0 Å². The van der Waals surface area contributed by atoms with E-state index < -0.39 is 0 Å². The van der Waals surface area contributed by atoms with Crippen molar-refractivity contribution in [2.75, 3.05) is 0 Å². The fourth-order valence-corrected chi connectivity index (χ4v) is 2.19. The average molecular weight is 233 g/mol. The zero-order valence-electron chi connectivity index (χ0n) is 10.4. The number of aromatic amines is 1. The molecule has 3 rings (SSSR count). The Labute approximate surface area is 107 Å². The standard InChI is InChI=1S/C17H15N/c1-13-7-9-14(10-8-13)16-11-12-18-17(16)15-5-3-2-4-6-15/h2-12,18H,1H3. The molecule has 1 nitrogen and oxygen atoms in total. The van der Waals surface area contributed by atoms with Gasteiger partial charge < -0.3 is 4.98 Å². The SMILES string of the molecule is Cc1ccc(-c2cc[nH]c2-c2ccccc2)cc1. The van der Waals surface area contributed by atoms with Crippen LogP contribution in [0.25, 0.3) is 22.4 Å². The fourth-order valence-electron chi connectivity index (χ4n) is 2.19. The Kier molecular flexibility index (Phi) is 2.73. The average Bonchev–Trinajstić information content (AvgIpc) is 2.90. The van der Waals surface area contributed by atoms with Crippen molar-refractivity contribution in [1.29, 1.82) is 0 Å². The molecular weight excluding hydrogens is 218 g/mol. The smallest absolute Gasteiger partial charge is 0.0533 e. The van der Waals surface area contributed by atoms with E-state index in [1.807, 2.05) is 12.3 Å². The summed E-state index contributed by atoms with van der Waals surface area (Å²) in [6.07, 6.45) is 2.00. The maximum absolute atomic E-state index is 3.34. The molecule has 0 aliphatic heterocycles. The van der Waals surface area contributed by atoms with Crippen molar-refractivity contribution < 1.29 is 0 Å². The molecule has 1 aromatic heterocycles. The van der Waals surface area contributed by atoms with Gasteiger partial charge in [-0.25, -0.2) is 0 Å². The zero-order chi connectivity index (χ0) is 12.4. The van der Waals surface area contributed by atoms with Crippen LogP contribution >= 0.6 is 0 Å². The molecule has 18 heavy (non-hydrogen) atoms. The first-order chi connectivity index (χ1) is 8.84. The lowest BCUT2D eigenvalue weighted by molar-refractivity contribution is 1.40. The summed E-state index contributed by atoms with van der Waals surface area (Å²) in [5.74, 6) is 0. The van der Waals surface area contributed by atoms with Gasteiger partial charge in [-0.1, -0.05) is 60.2 Å². The lowest BCUT2D eigenvalue weighted by atomic mass is 10.0. The van der Waals surface area contributed by atoms with Crippen molar-refractivity contribution in [2.24, 2.45) is 0 Å². The molecule has 1 N–H and O–H groups in total. The summed E-state index contributed by atoms with van der Waals surface area (Å²) >= 11 is 0. The Bertz CT molecular complexity index is 633. The lowest BCUT2D eigenvalue weighted by Gasteiger charge is -2.05. The maximum Gasteiger partial charge on any atom is 0.0533 e. The van der Waals surface area contributed by atoms with Gasteiger partial charge in [0.25, 0.3) is 0 Å². The van der Waals surface area contributed by atoms with Gasteiger partial charge in [0, 0.05) is 11.8 Å². The number of rotatable bonds is 2. The number of hydrogen-bond acceptors (Lipinski definition) is 0. The molecule has 0 aliphatic rings. The van der Waals surface area contributed by atoms with E-state index in [1.54, 1.807) is 0 Å². The minimum atomic E-state index is 1.18. The highest BCUT2D eigenvalue weighted by Gasteiger charge is 2.07. The third-order valence-electron chi connectivity index (χ3n) is 3.17. The molecule has 3 aromatic rings. The van der Waals surface area contributed by atoms with Crippen molar-refractivity contribution in [2.45, 2.75) is 6.92 Å². The molecule has 0 saturated carbocycles. The molecule has 0 saturated heterocycles. The molecule has 0 atom stereocenters. The number of H-pyrrole nitrogens is 1. The van der Waals surface area contributed by atoms with Gasteiger partial charge in [-0.3, -0.25) is 0 Å². The minimum Gasteiger partial charge on any atom is -0.361 e. The first kappa shape index (κ1) is 10.8. The molecule has 0 amide bonds. The highest BCUT2D eigenvalue weighted by Crippen LogP contribution is 2.30. The Hall–Kier alpha value is -2.28. The summed E-state index contributed by atoms with van der Waals surface area (Å²) in [6, 6.07) is 21.2. The molecule has 0 radical (unpaired) electrons. The van der Waals surface area contributed by atoms with Crippen LogP contribution in [0.3, 0.4) is 0 Å². The van der Waals surface area contributed by atoms with Gasteiger partial charge in [-0.05, 0) is 24.1 Å². The Morgan fingerprint density at radius 1 is 0.722 bits per heavy atom. The van der Waals surface area contributed by atoms with Gasteiger partial charge in [-0.15, -0.1) is 0 Å². The molecular formula is C17H15N. The van der Waals surface area contributed by atoms with Gasteiger partial charge in [0.2, 0.25) is 0 Å². The molecule has 0 fully saturated rings. The van der Waals surface area contributed by atoms with E-state index in [9.17, 15) is 0 Å². The van der Waals surface area contributed by atoms with Crippen molar-refractivity contribution >= 4 is 0 Å². The molecule has 1 heteroatoms. The van der Waals surface area contributed by atoms with Crippen LogP contribution in [-0.4, -0.2) is 4.98 Å². The van der Waals surface area contributed by atoms with Crippen molar-refractivity contribution in [1.82, 2.24) is 4.98 Å². The third-order valence-corrected chi connectivity index (χ3v) is 3.17.